The average molecular weight is 301 g/mol. The first kappa shape index (κ1) is 15.0. The summed E-state index contributed by atoms with van der Waals surface area (Å²) in [4.78, 5) is 14.8. The van der Waals surface area contributed by atoms with Gasteiger partial charge in [0.25, 0.3) is 0 Å². The number of carbonyl (C=O) groups is 1. The van der Waals surface area contributed by atoms with Gasteiger partial charge in [0.05, 0.1) is 12.2 Å². The maximum atomic E-state index is 12.2. The van der Waals surface area contributed by atoms with Crippen molar-refractivity contribution in [2.24, 2.45) is 5.41 Å². The average Bonchev–Trinajstić information content (AvgIpc) is 2.85. The Morgan fingerprint density at radius 2 is 2.15 bits per heavy atom. The minimum atomic E-state index is -3.39. The molecule has 1 heterocycles. The molecule has 1 saturated carbocycles. The molecule has 1 fully saturated rings. The number of carboxylic acids is 1. The quantitative estimate of drug-likeness (QED) is 0.807. The lowest BCUT2D eigenvalue weighted by Crippen LogP contribution is -2.23. The van der Waals surface area contributed by atoms with Gasteiger partial charge in [-0.3, -0.25) is 4.79 Å². The van der Waals surface area contributed by atoms with Gasteiger partial charge in [-0.2, -0.15) is 5.10 Å². The van der Waals surface area contributed by atoms with E-state index in [2.05, 4.69) is 10.1 Å². The van der Waals surface area contributed by atoms with Crippen LogP contribution in [0.25, 0.3) is 0 Å². The van der Waals surface area contributed by atoms with E-state index in [-0.39, 0.29) is 24.0 Å². The third-order valence-corrected chi connectivity index (χ3v) is 5.25. The number of aliphatic carboxylic acids is 1. The van der Waals surface area contributed by atoms with Crippen LogP contribution in [-0.4, -0.2) is 40.0 Å². The third kappa shape index (κ3) is 3.56. The molecule has 0 atom stereocenters. The molecule has 1 aromatic heterocycles. The molecule has 1 aliphatic rings. The van der Waals surface area contributed by atoms with Crippen molar-refractivity contribution in [3.8, 4) is 0 Å². The minimum Gasteiger partial charge on any atom is -0.481 e. The van der Waals surface area contributed by atoms with Crippen molar-refractivity contribution in [3.05, 3.63) is 12.2 Å². The van der Waals surface area contributed by atoms with Crippen molar-refractivity contribution in [1.82, 2.24) is 14.8 Å². The molecule has 1 N–H and O–H groups in total. The second-order valence-corrected chi connectivity index (χ2v) is 7.88. The normalized spacial score (nSPS) is 17.4. The van der Waals surface area contributed by atoms with Crippen LogP contribution in [0.5, 0.6) is 0 Å². The second-order valence-electron chi connectivity index (χ2n) is 5.82. The van der Waals surface area contributed by atoms with Crippen LogP contribution in [0.3, 0.4) is 0 Å². The number of hydrogen-bond acceptors (Lipinski definition) is 5. The Labute approximate surface area is 117 Å². The molecular formula is C12H19N3O4S. The van der Waals surface area contributed by atoms with Gasteiger partial charge in [0.15, 0.2) is 9.84 Å². The molecule has 0 radical (unpaired) electrons. The van der Waals surface area contributed by atoms with Gasteiger partial charge in [0.2, 0.25) is 0 Å². The number of sulfone groups is 1. The SMILES string of the molecule is CC(C)n1ncnc1CS(=O)(=O)CC1(CC(=O)O)CC1. The Kier molecular flexibility index (Phi) is 3.86. The second kappa shape index (κ2) is 5.16. The smallest absolute Gasteiger partial charge is 0.303 e. The fraction of sp³-hybridized carbons (Fsp3) is 0.750. The fourth-order valence-electron chi connectivity index (χ4n) is 2.39. The van der Waals surface area contributed by atoms with Crippen molar-refractivity contribution in [1.29, 1.82) is 0 Å². The van der Waals surface area contributed by atoms with E-state index in [1.807, 2.05) is 13.8 Å². The van der Waals surface area contributed by atoms with Crippen LogP contribution < -0.4 is 0 Å². The largest absolute Gasteiger partial charge is 0.481 e. The predicted molar refractivity (Wildman–Crippen MR) is 71.8 cm³/mol. The summed E-state index contributed by atoms with van der Waals surface area (Å²) >= 11 is 0. The van der Waals surface area contributed by atoms with Crippen LogP contribution in [0.15, 0.2) is 6.33 Å². The molecule has 20 heavy (non-hydrogen) atoms. The van der Waals surface area contributed by atoms with E-state index in [0.29, 0.717) is 18.7 Å². The summed E-state index contributed by atoms with van der Waals surface area (Å²) < 4.78 is 26.0. The van der Waals surface area contributed by atoms with Crippen LogP contribution in [0.2, 0.25) is 0 Å². The maximum absolute atomic E-state index is 12.2. The molecule has 1 aromatic rings. The molecule has 0 amide bonds. The van der Waals surface area contributed by atoms with E-state index >= 15 is 0 Å². The minimum absolute atomic E-state index is 0.0385. The van der Waals surface area contributed by atoms with Crippen molar-refractivity contribution >= 4 is 15.8 Å². The topological polar surface area (TPSA) is 102 Å². The first-order valence-electron chi connectivity index (χ1n) is 6.54. The van der Waals surface area contributed by atoms with Gasteiger partial charge < -0.3 is 5.11 Å². The lowest BCUT2D eigenvalue weighted by Gasteiger charge is -2.14. The van der Waals surface area contributed by atoms with Gasteiger partial charge in [-0.05, 0) is 32.1 Å². The molecule has 0 aliphatic heterocycles. The van der Waals surface area contributed by atoms with Crippen LogP contribution in [0.1, 0.15) is 45.0 Å². The van der Waals surface area contributed by atoms with Crippen LogP contribution in [-0.2, 0) is 20.4 Å². The first-order chi connectivity index (χ1) is 9.23. The van der Waals surface area contributed by atoms with Gasteiger partial charge in [-0.15, -0.1) is 0 Å². The van der Waals surface area contributed by atoms with Crippen molar-refractivity contribution in [2.45, 2.75) is 44.9 Å². The molecule has 0 saturated heterocycles. The summed E-state index contributed by atoms with van der Waals surface area (Å²) in [5.41, 5.74) is -0.562. The van der Waals surface area contributed by atoms with Crippen molar-refractivity contribution in [3.63, 3.8) is 0 Å². The third-order valence-electron chi connectivity index (χ3n) is 3.49. The highest BCUT2D eigenvalue weighted by atomic mass is 32.2. The van der Waals surface area contributed by atoms with Gasteiger partial charge in [0.1, 0.15) is 17.9 Å². The van der Waals surface area contributed by atoms with Crippen molar-refractivity contribution < 1.29 is 18.3 Å². The summed E-state index contributed by atoms with van der Waals surface area (Å²) in [6, 6.07) is 0.0385. The first-order valence-corrected chi connectivity index (χ1v) is 8.36. The highest BCUT2D eigenvalue weighted by molar-refractivity contribution is 7.90. The highest BCUT2D eigenvalue weighted by Crippen LogP contribution is 2.50. The zero-order valence-corrected chi connectivity index (χ0v) is 12.4. The fourth-order valence-corrected chi connectivity index (χ4v) is 4.42. The van der Waals surface area contributed by atoms with Crippen LogP contribution in [0, 0.1) is 5.41 Å². The van der Waals surface area contributed by atoms with Crippen LogP contribution >= 0.6 is 0 Å². The van der Waals surface area contributed by atoms with E-state index in [9.17, 15) is 13.2 Å². The zero-order valence-electron chi connectivity index (χ0n) is 11.6. The molecule has 0 aromatic carbocycles. The number of rotatable bonds is 7. The highest BCUT2D eigenvalue weighted by Gasteiger charge is 2.47. The van der Waals surface area contributed by atoms with Crippen LogP contribution in [0.4, 0.5) is 0 Å². The summed E-state index contributed by atoms with van der Waals surface area (Å²) in [5, 5.41) is 12.8. The van der Waals surface area contributed by atoms with Gasteiger partial charge in [-0.1, -0.05) is 0 Å². The molecule has 7 nitrogen and oxygen atoms in total. The van der Waals surface area contributed by atoms with E-state index in [4.69, 9.17) is 5.11 Å². The molecule has 0 spiro atoms. The number of aromatic nitrogens is 3. The van der Waals surface area contributed by atoms with Gasteiger partial charge >= 0.3 is 5.97 Å². The predicted octanol–water partition coefficient (Wildman–Crippen LogP) is 1.03. The van der Waals surface area contributed by atoms with E-state index in [1.165, 1.54) is 6.33 Å². The van der Waals surface area contributed by atoms with Gasteiger partial charge in [0, 0.05) is 6.04 Å². The molecule has 8 heteroatoms. The zero-order chi connectivity index (χ0) is 15.0. The number of carboxylic acid groups (broad SMARTS) is 1. The molecule has 1 aliphatic carbocycles. The maximum Gasteiger partial charge on any atom is 0.303 e. The Morgan fingerprint density at radius 1 is 1.50 bits per heavy atom. The Morgan fingerprint density at radius 3 is 2.65 bits per heavy atom. The lowest BCUT2D eigenvalue weighted by molar-refractivity contribution is -0.138. The molecule has 112 valence electrons. The molecule has 0 unspecified atom stereocenters. The molecule has 0 bridgehead atoms. The van der Waals surface area contributed by atoms with Crippen molar-refractivity contribution in [2.75, 3.05) is 5.75 Å². The standard InChI is InChI=1S/C12H19N3O4S/c1-9(2)15-10(13-8-14-15)6-20(18,19)7-12(3-4-12)5-11(16)17/h8-9H,3-7H2,1-2H3,(H,16,17). The molecular weight excluding hydrogens is 282 g/mol. The monoisotopic (exact) mass is 301 g/mol. The van der Waals surface area contributed by atoms with E-state index in [1.54, 1.807) is 4.68 Å². The van der Waals surface area contributed by atoms with Gasteiger partial charge in [-0.25, -0.2) is 18.1 Å². The van der Waals surface area contributed by atoms with E-state index in [0.717, 1.165) is 0 Å². The molecule has 2 rings (SSSR count). The number of hydrogen-bond donors (Lipinski definition) is 1. The summed E-state index contributed by atoms with van der Waals surface area (Å²) in [6.07, 6.45) is 2.59. The summed E-state index contributed by atoms with van der Waals surface area (Å²) in [6.45, 7) is 3.80. The summed E-state index contributed by atoms with van der Waals surface area (Å²) in [7, 11) is -3.39. The Hall–Kier alpha value is -1.44. The summed E-state index contributed by atoms with van der Waals surface area (Å²) in [5.74, 6) is -0.807. The lowest BCUT2D eigenvalue weighted by atomic mass is 10.1. The number of nitrogens with zero attached hydrogens (tertiary/aromatic N) is 3. The van der Waals surface area contributed by atoms with E-state index < -0.39 is 21.2 Å². The Balaban J connectivity index is 2.08. The Bertz CT molecular complexity index is 602.